The van der Waals surface area contributed by atoms with Crippen LogP contribution >= 0.6 is 38.5 Å². The smallest absolute Gasteiger partial charge is 0.282 e. The molecule has 0 fully saturated rings. The maximum atomic E-state index is 13.2. The molecule has 0 bridgehead atoms. The highest BCUT2D eigenvalue weighted by Crippen LogP contribution is 2.34. The predicted molar refractivity (Wildman–Crippen MR) is 137 cm³/mol. The van der Waals surface area contributed by atoms with Gasteiger partial charge in [-0.25, -0.2) is 4.98 Å². The zero-order valence-electron chi connectivity index (χ0n) is 18.1. The van der Waals surface area contributed by atoms with E-state index < -0.39 is 0 Å². The predicted octanol–water partition coefficient (Wildman–Crippen LogP) is 5.96. The molecule has 2 aromatic carbocycles. The fourth-order valence-electron chi connectivity index (χ4n) is 2.99. The minimum absolute atomic E-state index is 0.0267. The van der Waals surface area contributed by atoms with E-state index in [1.54, 1.807) is 19.4 Å². The van der Waals surface area contributed by atoms with E-state index in [0.29, 0.717) is 28.2 Å². The van der Waals surface area contributed by atoms with Gasteiger partial charge >= 0.3 is 0 Å². The van der Waals surface area contributed by atoms with E-state index in [0.717, 1.165) is 20.0 Å². The lowest BCUT2D eigenvalue weighted by Crippen LogP contribution is -2.23. The van der Waals surface area contributed by atoms with Crippen LogP contribution in [0.25, 0.3) is 10.9 Å². The average molecular weight is 598 g/mol. The molecule has 1 atom stereocenters. The molecular formula is C23H25BrIN3O3. The molecule has 0 aliphatic rings. The van der Waals surface area contributed by atoms with Crippen molar-refractivity contribution in [1.29, 1.82) is 0 Å². The Morgan fingerprint density at radius 2 is 2.00 bits per heavy atom. The first-order chi connectivity index (χ1) is 14.7. The number of hydrogen-bond acceptors (Lipinski definition) is 5. The molecule has 6 nitrogen and oxygen atoms in total. The third kappa shape index (κ3) is 5.28. The van der Waals surface area contributed by atoms with Crippen LogP contribution < -0.4 is 15.0 Å². The Kier molecular flexibility index (Phi) is 7.74. The summed E-state index contributed by atoms with van der Waals surface area (Å²) in [5, 5.41) is 5.02. The van der Waals surface area contributed by atoms with Crippen molar-refractivity contribution in [2.24, 2.45) is 5.10 Å². The van der Waals surface area contributed by atoms with Gasteiger partial charge in [0.2, 0.25) is 0 Å². The van der Waals surface area contributed by atoms with E-state index in [2.05, 4.69) is 55.5 Å². The van der Waals surface area contributed by atoms with E-state index in [4.69, 9.17) is 9.47 Å². The van der Waals surface area contributed by atoms with Gasteiger partial charge in [0.05, 0.1) is 33.9 Å². The Morgan fingerprint density at radius 1 is 1.26 bits per heavy atom. The lowest BCUT2D eigenvalue weighted by molar-refractivity contribution is 0.206. The average Bonchev–Trinajstić information content (AvgIpc) is 2.74. The number of halogens is 2. The Hall–Kier alpha value is -1.94. The highest BCUT2D eigenvalue weighted by Gasteiger charge is 2.15. The maximum absolute atomic E-state index is 13.2. The summed E-state index contributed by atoms with van der Waals surface area (Å²) in [4.78, 5) is 17.8. The first-order valence-electron chi connectivity index (χ1n) is 10.1. The Morgan fingerprint density at radius 3 is 2.65 bits per heavy atom. The monoisotopic (exact) mass is 597 g/mol. The number of hydrogen-bond donors (Lipinski definition) is 0. The van der Waals surface area contributed by atoms with Gasteiger partial charge in [-0.05, 0) is 71.8 Å². The highest BCUT2D eigenvalue weighted by molar-refractivity contribution is 14.1. The van der Waals surface area contributed by atoms with Crippen molar-refractivity contribution in [3.05, 3.63) is 60.1 Å². The molecule has 0 saturated heterocycles. The number of aromatic nitrogens is 2. The van der Waals surface area contributed by atoms with Gasteiger partial charge in [-0.3, -0.25) is 4.79 Å². The largest absolute Gasteiger partial charge is 0.493 e. The lowest BCUT2D eigenvalue weighted by atomic mass is 10.2. The van der Waals surface area contributed by atoms with Crippen LogP contribution in [0, 0.1) is 3.57 Å². The van der Waals surface area contributed by atoms with Crippen LogP contribution in [0.5, 0.6) is 11.5 Å². The molecule has 0 radical (unpaired) electrons. The number of benzene rings is 2. The molecule has 31 heavy (non-hydrogen) atoms. The number of methoxy groups -OCH3 is 1. The molecule has 0 spiro atoms. The van der Waals surface area contributed by atoms with Crippen LogP contribution in [0.3, 0.4) is 0 Å². The number of ether oxygens (including phenoxy) is 2. The van der Waals surface area contributed by atoms with Crippen molar-refractivity contribution in [1.82, 2.24) is 9.66 Å². The van der Waals surface area contributed by atoms with Gasteiger partial charge in [0.1, 0.15) is 5.82 Å². The van der Waals surface area contributed by atoms with Crippen molar-refractivity contribution in [3.63, 3.8) is 0 Å². The molecule has 0 amide bonds. The second kappa shape index (κ2) is 10.1. The molecule has 0 unspecified atom stereocenters. The van der Waals surface area contributed by atoms with Gasteiger partial charge in [0, 0.05) is 10.4 Å². The van der Waals surface area contributed by atoms with Crippen molar-refractivity contribution >= 4 is 55.6 Å². The fourth-order valence-corrected chi connectivity index (χ4v) is 4.10. The van der Waals surface area contributed by atoms with Crippen LogP contribution in [0.15, 0.2) is 44.7 Å². The van der Waals surface area contributed by atoms with Crippen molar-refractivity contribution in [3.8, 4) is 11.5 Å². The summed E-state index contributed by atoms with van der Waals surface area (Å²) >= 11 is 5.65. The summed E-state index contributed by atoms with van der Waals surface area (Å²) < 4.78 is 14.7. The van der Waals surface area contributed by atoms with E-state index in [9.17, 15) is 4.79 Å². The third-order valence-corrected chi connectivity index (χ3v) is 6.11. The van der Waals surface area contributed by atoms with Crippen molar-refractivity contribution in [2.45, 2.75) is 46.1 Å². The topological polar surface area (TPSA) is 65.7 Å². The van der Waals surface area contributed by atoms with E-state index in [1.165, 1.54) is 4.68 Å². The summed E-state index contributed by atoms with van der Waals surface area (Å²) in [6, 6.07) is 9.30. The standard InChI is InChI=1S/C23H25BrIN3O3/c1-6-14(4)31-21-18(25)9-15(10-20(21)30-5)12-26-28-22(13(2)3)27-19-8-7-16(24)11-17(19)23(28)29/h7-14H,6H2,1-5H3/t14-/m0/s1. The molecule has 1 heterocycles. The molecule has 1 aromatic heterocycles. The molecule has 3 aromatic rings. The first-order valence-corrected chi connectivity index (χ1v) is 11.9. The van der Waals surface area contributed by atoms with Gasteiger partial charge in [-0.2, -0.15) is 9.78 Å². The van der Waals surface area contributed by atoms with Crippen molar-refractivity contribution < 1.29 is 9.47 Å². The zero-order valence-corrected chi connectivity index (χ0v) is 21.9. The second-order valence-corrected chi connectivity index (χ2v) is 9.60. The number of fused-ring (bicyclic) bond motifs is 1. The van der Waals surface area contributed by atoms with Gasteiger partial charge < -0.3 is 9.47 Å². The van der Waals surface area contributed by atoms with Crippen LogP contribution in [0.4, 0.5) is 0 Å². The molecule has 0 aliphatic heterocycles. The van der Waals surface area contributed by atoms with Gasteiger partial charge in [-0.15, -0.1) is 0 Å². The van der Waals surface area contributed by atoms with E-state index >= 15 is 0 Å². The Balaban J connectivity index is 2.09. The molecule has 8 heteroatoms. The summed E-state index contributed by atoms with van der Waals surface area (Å²) in [6.07, 6.45) is 2.63. The molecule has 0 saturated carbocycles. The summed E-state index contributed by atoms with van der Waals surface area (Å²) in [7, 11) is 1.61. The van der Waals surface area contributed by atoms with Crippen LogP contribution in [0.1, 0.15) is 51.4 Å². The SMILES string of the molecule is CC[C@H](C)Oc1c(I)cc(C=Nn2c(C(C)C)nc3ccc(Br)cc3c2=O)cc1OC. The Bertz CT molecular complexity index is 1190. The number of nitrogens with zero attached hydrogens (tertiary/aromatic N) is 3. The molecule has 3 rings (SSSR count). The minimum atomic E-state index is -0.204. The summed E-state index contributed by atoms with van der Waals surface area (Å²) in [5.41, 5.74) is 1.25. The second-order valence-electron chi connectivity index (χ2n) is 7.52. The zero-order chi connectivity index (χ0) is 22.7. The highest BCUT2D eigenvalue weighted by atomic mass is 127. The quantitative estimate of drug-likeness (QED) is 0.249. The van der Waals surface area contributed by atoms with Crippen LogP contribution in [0.2, 0.25) is 0 Å². The Labute approximate surface area is 203 Å². The van der Waals surface area contributed by atoms with Crippen LogP contribution in [-0.2, 0) is 0 Å². The summed E-state index contributed by atoms with van der Waals surface area (Å²) in [5.74, 6) is 1.98. The maximum Gasteiger partial charge on any atom is 0.282 e. The molecular weight excluding hydrogens is 573 g/mol. The van der Waals surface area contributed by atoms with Crippen LogP contribution in [-0.4, -0.2) is 29.1 Å². The molecule has 164 valence electrons. The lowest BCUT2D eigenvalue weighted by Gasteiger charge is -2.17. The van der Waals surface area contributed by atoms with Gasteiger partial charge in [0.25, 0.3) is 5.56 Å². The number of rotatable bonds is 7. The summed E-state index contributed by atoms with van der Waals surface area (Å²) in [6.45, 7) is 8.08. The van der Waals surface area contributed by atoms with Gasteiger partial charge in [0.15, 0.2) is 11.5 Å². The molecule has 0 N–H and O–H groups in total. The third-order valence-electron chi connectivity index (χ3n) is 4.82. The minimum Gasteiger partial charge on any atom is -0.493 e. The van der Waals surface area contributed by atoms with Crippen molar-refractivity contribution in [2.75, 3.05) is 7.11 Å². The fraction of sp³-hybridized carbons (Fsp3) is 0.348. The molecule has 0 aliphatic carbocycles. The first kappa shape index (κ1) is 23.7. The van der Waals surface area contributed by atoms with Gasteiger partial charge in [-0.1, -0.05) is 36.7 Å². The van der Waals surface area contributed by atoms with E-state index in [-0.39, 0.29) is 17.6 Å². The normalized spacial score (nSPS) is 12.6. The van der Waals surface area contributed by atoms with E-state index in [1.807, 2.05) is 45.0 Å².